The Morgan fingerprint density at radius 3 is 2.63 bits per heavy atom. The molecule has 2 N–H and O–H groups in total. The maximum absolute atomic E-state index is 12.7. The van der Waals surface area contributed by atoms with Crippen molar-refractivity contribution in [2.24, 2.45) is 0 Å². The first kappa shape index (κ1) is 21.2. The van der Waals surface area contributed by atoms with Crippen LogP contribution in [0.25, 0.3) is 0 Å². The number of amides is 2. The molecule has 7 heteroatoms. The minimum atomic E-state index is -0.128. The number of nitrogens with zero attached hydrogens (tertiary/aromatic N) is 2. The maximum atomic E-state index is 12.7. The molecule has 0 aliphatic carbocycles. The lowest BCUT2D eigenvalue weighted by Crippen LogP contribution is -2.41. The van der Waals surface area contributed by atoms with Crippen LogP contribution >= 0.6 is 0 Å². The number of carbonyl (C=O) groups excluding carboxylic acids is 2. The largest absolute Gasteiger partial charge is 0.379 e. The van der Waals surface area contributed by atoms with Crippen molar-refractivity contribution >= 4 is 23.2 Å². The third kappa shape index (κ3) is 6.84. The minimum Gasteiger partial charge on any atom is -0.379 e. The Bertz CT molecular complexity index is 628. The zero-order chi connectivity index (χ0) is 19.6. The third-order valence-corrected chi connectivity index (χ3v) is 4.58. The number of anilines is 2. The normalized spacial score (nSPS) is 14.6. The van der Waals surface area contributed by atoms with Gasteiger partial charge in [0.25, 0.3) is 5.91 Å². The van der Waals surface area contributed by atoms with Gasteiger partial charge in [-0.1, -0.05) is 13.3 Å². The summed E-state index contributed by atoms with van der Waals surface area (Å²) in [5.74, 6) is -0.148. The Labute approximate surface area is 162 Å². The summed E-state index contributed by atoms with van der Waals surface area (Å²) in [5.41, 5.74) is 2.04. The summed E-state index contributed by atoms with van der Waals surface area (Å²) < 4.78 is 5.34. The smallest absolute Gasteiger partial charge is 0.253 e. The highest BCUT2D eigenvalue weighted by Gasteiger charge is 2.16. The predicted octanol–water partition coefficient (Wildman–Crippen LogP) is 1.94. The van der Waals surface area contributed by atoms with Crippen LogP contribution in [0.4, 0.5) is 11.4 Å². The second-order valence-corrected chi connectivity index (χ2v) is 6.99. The van der Waals surface area contributed by atoms with E-state index in [9.17, 15) is 9.59 Å². The molecule has 0 bridgehead atoms. The lowest BCUT2D eigenvalue weighted by atomic mass is 10.1. The van der Waals surface area contributed by atoms with Crippen molar-refractivity contribution in [2.75, 3.05) is 63.7 Å². The number of morpholine rings is 1. The number of unbranched alkanes of at least 4 members (excludes halogenated alkanes) is 1. The number of benzene rings is 1. The number of nitrogens with one attached hydrogen (secondary N) is 2. The van der Waals surface area contributed by atoms with Gasteiger partial charge >= 0.3 is 0 Å². The first-order chi connectivity index (χ1) is 13.0. The lowest BCUT2D eigenvalue weighted by molar-refractivity contribution is -0.116. The molecule has 0 atom stereocenters. The fourth-order valence-electron chi connectivity index (χ4n) is 2.99. The molecule has 1 aliphatic rings. The van der Waals surface area contributed by atoms with Gasteiger partial charge in [0.15, 0.2) is 0 Å². The number of ether oxygens (including phenoxy) is 1. The van der Waals surface area contributed by atoms with Crippen LogP contribution in [-0.2, 0) is 9.53 Å². The van der Waals surface area contributed by atoms with E-state index in [1.165, 1.54) is 0 Å². The Morgan fingerprint density at radius 1 is 1.22 bits per heavy atom. The SMILES string of the molecule is CCCCC(=O)Nc1ccc(N(C)C)c(C(=O)NCCN2CCOCC2)c1. The van der Waals surface area contributed by atoms with Gasteiger partial charge < -0.3 is 20.3 Å². The van der Waals surface area contributed by atoms with Crippen molar-refractivity contribution in [3.63, 3.8) is 0 Å². The van der Waals surface area contributed by atoms with E-state index in [2.05, 4.69) is 22.5 Å². The van der Waals surface area contributed by atoms with Crippen LogP contribution in [0.2, 0.25) is 0 Å². The molecule has 0 aromatic heterocycles. The van der Waals surface area contributed by atoms with E-state index in [0.717, 1.165) is 51.4 Å². The molecule has 0 spiro atoms. The van der Waals surface area contributed by atoms with E-state index < -0.39 is 0 Å². The fourth-order valence-corrected chi connectivity index (χ4v) is 2.99. The molecule has 0 radical (unpaired) electrons. The standard InChI is InChI=1S/C20H32N4O3/c1-4-5-6-19(25)22-16-7-8-18(23(2)3)17(15-16)20(26)21-9-10-24-11-13-27-14-12-24/h7-8,15H,4-6,9-14H2,1-3H3,(H,21,26)(H,22,25). The summed E-state index contributed by atoms with van der Waals surface area (Å²) in [5, 5.41) is 5.88. The molecule has 1 saturated heterocycles. The fraction of sp³-hybridized carbons (Fsp3) is 0.600. The molecule has 2 rings (SSSR count). The zero-order valence-electron chi connectivity index (χ0n) is 16.7. The van der Waals surface area contributed by atoms with Crippen LogP contribution < -0.4 is 15.5 Å². The molecule has 1 fully saturated rings. The first-order valence-electron chi connectivity index (χ1n) is 9.70. The number of carbonyl (C=O) groups is 2. The van der Waals surface area contributed by atoms with Gasteiger partial charge in [-0.3, -0.25) is 14.5 Å². The molecule has 1 heterocycles. The number of rotatable bonds is 9. The minimum absolute atomic E-state index is 0.0203. The first-order valence-corrected chi connectivity index (χ1v) is 9.70. The van der Waals surface area contributed by atoms with Crippen LogP contribution in [-0.4, -0.2) is 70.2 Å². The van der Waals surface area contributed by atoms with Crippen LogP contribution in [0.3, 0.4) is 0 Å². The third-order valence-electron chi connectivity index (χ3n) is 4.58. The average Bonchev–Trinajstić information content (AvgIpc) is 2.67. The van der Waals surface area contributed by atoms with Crippen LogP contribution in [0.5, 0.6) is 0 Å². The van der Waals surface area contributed by atoms with Crippen LogP contribution in [0.15, 0.2) is 18.2 Å². The summed E-state index contributed by atoms with van der Waals surface area (Å²) >= 11 is 0. The summed E-state index contributed by atoms with van der Waals surface area (Å²) in [6.07, 6.45) is 2.33. The summed E-state index contributed by atoms with van der Waals surface area (Å²) in [4.78, 5) is 28.9. The molecular formula is C20H32N4O3. The molecule has 27 heavy (non-hydrogen) atoms. The Hall–Kier alpha value is -2.12. The Morgan fingerprint density at radius 2 is 1.96 bits per heavy atom. The summed E-state index contributed by atoms with van der Waals surface area (Å²) in [6, 6.07) is 5.46. The second-order valence-electron chi connectivity index (χ2n) is 6.99. The van der Waals surface area contributed by atoms with Crippen molar-refractivity contribution in [3.8, 4) is 0 Å². The van der Waals surface area contributed by atoms with E-state index in [1.807, 2.05) is 31.1 Å². The van der Waals surface area contributed by atoms with Gasteiger partial charge in [0, 0.05) is 58.1 Å². The molecule has 1 aromatic rings. The van der Waals surface area contributed by atoms with E-state index in [4.69, 9.17) is 4.74 Å². The van der Waals surface area contributed by atoms with Crippen molar-refractivity contribution in [1.82, 2.24) is 10.2 Å². The molecule has 1 aromatic carbocycles. The molecule has 150 valence electrons. The summed E-state index contributed by atoms with van der Waals surface area (Å²) in [6.45, 7) is 6.74. The number of hydrogen-bond acceptors (Lipinski definition) is 5. The van der Waals surface area contributed by atoms with E-state index >= 15 is 0 Å². The van der Waals surface area contributed by atoms with Crippen molar-refractivity contribution < 1.29 is 14.3 Å². The zero-order valence-corrected chi connectivity index (χ0v) is 16.7. The quantitative estimate of drug-likeness (QED) is 0.689. The van der Waals surface area contributed by atoms with Gasteiger partial charge in [-0.2, -0.15) is 0 Å². The van der Waals surface area contributed by atoms with Gasteiger partial charge in [-0.25, -0.2) is 0 Å². The topological polar surface area (TPSA) is 73.9 Å². The number of hydrogen-bond donors (Lipinski definition) is 2. The molecular weight excluding hydrogens is 344 g/mol. The average molecular weight is 377 g/mol. The van der Waals surface area contributed by atoms with Crippen molar-refractivity contribution in [1.29, 1.82) is 0 Å². The Balaban J connectivity index is 1.99. The second kappa shape index (κ2) is 10.9. The van der Waals surface area contributed by atoms with E-state index in [0.29, 0.717) is 24.2 Å². The van der Waals surface area contributed by atoms with Gasteiger partial charge in [0.05, 0.1) is 18.8 Å². The predicted molar refractivity (Wildman–Crippen MR) is 109 cm³/mol. The van der Waals surface area contributed by atoms with Gasteiger partial charge in [-0.15, -0.1) is 0 Å². The summed E-state index contributed by atoms with van der Waals surface area (Å²) in [7, 11) is 3.80. The molecule has 1 aliphatic heterocycles. The van der Waals surface area contributed by atoms with Gasteiger partial charge in [0.2, 0.25) is 5.91 Å². The van der Waals surface area contributed by atoms with E-state index in [1.54, 1.807) is 6.07 Å². The Kier molecular flexibility index (Phi) is 8.54. The molecule has 0 saturated carbocycles. The van der Waals surface area contributed by atoms with Gasteiger partial charge in [-0.05, 0) is 24.6 Å². The molecule has 7 nitrogen and oxygen atoms in total. The van der Waals surface area contributed by atoms with E-state index in [-0.39, 0.29) is 11.8 Å². The van der Waals surface area contributed by atoms with Crippen LogP contribution in [0.1, 0.15) is 36.5 Å². The highest BCUT2D eigenvalue weighted by Crippen LogP contribution is 2.23. The lowest BCUT2D eigenvalue weighted by Gasteiger charge is -2.26. The van der Waals surface area contributed by atoms with Crippen LogP contribution in [0, 0.1) is 0 Å². The highest BCUT2D eigenvalue weighted by molar-refractivity contribution is 6.02. The van der Waals surface area contributed by atoms with Crippen molar-refractivity contribution in [3.05, 3.63) is 23.8 Å². The highest BCUT2D eigenvalue weighted by atomic mass is 16.5. The van der Waals surface area contributed by atoms with Crippen molar-refractivity contribution in [2.45, 2.75) is 26.2 Å². The van der Waals surface area contributed by atoms with Gasteiger partial charge in [0.1, 0.15) is 0 Å². The maximum Gasteiger partial charge on any atom is 0.253 e. The molecule has 0 unspecified atom stereocenters. The molecule has 2 amide bonds. The monoisotopic (exact) mass is 376 g/mol.